The van der Waals surface area contributed by atoms with Crippen LogP contribution in [0.15, 0.2) is 60.7 Å². The molecule has 0 aliphatic heterocycles. The fourth-order valence-electron chi connectivity index (χ4n) is 2.97. The molecule has 0 aliphatic carbocycles. The zero-order valence-electron chi connectivity index (χ0n) is 16.1. The van der Waals surface area contributed by atoms with Gasteiger partial charge < -0.3 is 10.0 Å². The molecule has 0 spiro atoms. The van der Waals surface area contributed by atoms with Crippen molar-refractivity contribution in [2.75, 3.05) is 6.54 Å². The summed E-state index contributed by atoms with van der Waals surface area (Å²) in [6.45, 7) is 3.47. The van der Waals surface area contributed by atoms with Crippen LogP contribution in [0.25, 0.3) is 0 Å². The molecule has 0 bridgehead atoms. The molecule has 28 heavy (non-hydrogen) atoms. The van der Waals surface area contributed by atoms with Crippen molar-refractivity contribution in [2.24, 2.45) is 0 Å². The topological polar surface area (TPSA) is 40.5 Å². The summed E-state index contributed by atoms with van der Waals surface area (Å²) in [6, 6.07) is 16.5. The first-order valence-electron chi connectivity index (χ1n) is 9.28. The van der Waals surface area contributed by atoms with E-state index in [2.05, 4.69) is 0 Å². The first-order valence-corrected chi connectivity index (χ1v) is 9.28. The standard InChI is InChI=1S/C22H26F3NO2/c1-3-21(2,28)16-26(15-17-10-6-4-7-11-17)20(27)14-19(22(23,24)25)18-12-8-5-9-13-18/h4-13,19,28H,3,14-16H2,1-2H3/t19-,21-/m0/s1. The van der Waals surface area contributed by atoms with Crippen molar-refractivity contribution >= 4 is 5.91 Å². The summed E-state index contributed by atoms with van der Waals surface area (Å²) in [6.07, 6.45) is -4.85. The predicted molar refractivity (Wildman–Crippen MR) is 103 cm³/mol. The monoisotopic (exact) mass is 393 g/mol. The number of hydrogen-bond acceptors (Lipinski definition) is 2. The Morgan fingerprint density at radius 3 is 2.07 bits per heavy atom. The van der Waals surface area contributed by atoms with Crippen molar-refractivity contribution in [2.45, 2.75) is 50.9 Å². The molecule has 152 valence electrons. The molecule has 0 fully saturated rings. The highest BCUT2D eigenvalue weighted by atomic mass is 19.4. The Hall–Kier alpha value is -2.34. The average molecular weight is 393 g/mol. The van der Waals surface area contributed by atoms with Gasteiger partial charge in [0.15, 0.2) is 0 Å². The number of carbonyl (C=O) groups is 1. The second-order valence-corrected chi connectivity index (χ2v) is 7.29. The van der Waals surface area contributed by atoms with Gasteiger partial charge in [0.2, 0.25) is 5.91 Å². The van der Waals surface area contributed by atoms with E-state index in [1.807, 2.05) is 6.07 Å². The van der Waals surface area contributed by atoms with Crippen LogP contribution < -0.4 is 0 Å². The number of halogens is 3. The van der Waals surface area contributed by atoms with E-state index in [-0.39, 0.29) is 18.7 Å². The number of hydrogen-bond donors (Lipinski definition) is 1. The zero-order chi connectivity index (χ0) is 20.8. The number of nitrogens with zero attached hydrogens (tertiary/aromatic N) is 1. The molecule has 2 atom stereocenters. The molecule has 1 N–H and O–H groups in total. The lowest BCUT2D eigenvalue weighted by molar-refractivity contribution is -0.162. The molecule has 0 heterocycles. The van der Waals surface area contributed by atoms with Gasteiger partial charge in [-0.2, -0.15) is 13.2 Å². The number of carbonyl (C=O) groups excluding carboxylic acids is 1. The third-order valence-corrected chi connectivity index (χ3v) is 4.84. The van der Waals surface area contributed by atoms with E-state index in [0.717, 1.165) is 5.56 Å². The minimum atomic E-state index is -4.54. The van der Waals surface area contributed by atoms with Gasteiger partial charge in [0.25, 0.3) is 0 Å². The average Bonchev–Trinajstić information content (AvgIpc) is 2.66. The van der Waals surface area contributed by atoms with Crippen molar-refractivity contribution in [3.63, 3.8) is 0 Å². The van der Waals surface area contributed by atoms with Crippen molar-refractivity contribution < 1.29 is 23.1 Å². The molecule has 0 saturated carbocycles. The number of aliphatic hydroxyl groups is 1. The Morgan fingerprint density at radius 2 is 1.57 bits per heavy atom. The summed E-state index contributed by atoms with van der Waals surface area (Å²) in [7, 11) is 0. The first kappa shape index (κ1) is 22.0. The quantitative estimate of drug-likeness (QED) is 0.692. The number of alkyl halides is 3. The van der Waals surface area contributed by atoms with Crippen LogP contribution in [0.2, 0.25) is 0 Å². The summed E-state index contributed by atoms with van der Waals surface area (Å²) >= 11 is 0. The van der Waals surface area contributed by atoms with E-state index in [1.165, 1.54) is 29.2 Å². The van der Waals surface area contributed by atoms with Crippen LogP contribution in [0.4, 0.5) is 13.2 Å². The largest absolute Gasteiger partial charge is 0.396 e. The first-order chi connectivity index (χ1) is 13.1. The van der Waals surface area contributed by atoms with E-state index >= 15 is 0 Å². The minimum absolute atomic E-state index is 0.0312. The van der Waals surface area contributed by atoms with Gasteiger partial charge in [-0.15, -0.1) is 0 Å². The summed E-state index contributed by atoms with van der Waals surface area (Å²) in [4.78, 5) is 14.2. The van der Waals surface area contributed by atoms with Gasteiger partial charge in [0.1, 0.15) is 0 Å². The molecule has 2 aromatic rings. The third-order valence-electron chi connectivity index (χ3n) is 4.84. The highest BCUT2D eigenvalue weighted by molar-refractivity contribution is 5.77. The Morgan fingerprint density at radius 1 is 1.04 bits per heavy atom. The second-order valence-electron chi connectivity index (χ2n) is 7.29. The Bertz CT molecular complexity index is 745. The fourth-order valence-corrected chi connectivity index (χ4v) is 2.97. The lowest BCUT2D eigenvalue weighted by atomic mass is 9.93. The molecule has 2 aromatic carbocycles. The zero-order valence-corrected chi connectivity index (χ0v) is 16.1. The van der Waals surface area contributed by atoms with Gasteiger partial charge in [0, 0.05) is 19.5 Å². The third kappa shape index (κ3) is 6.37. The molecule has 0 unspecified atom stereocenters. The molecule has 1 amide bonds. The van der Waals surface area contributed by atoms with E-state index in [4.69, 9.17) is 0 Å². The molecule has 6 heteroatoms. The lowest BCUT2D eigenvalue weighted by Crippen LogP contribution is -2.44. The molecule has 3 nitrogen and oxygen atoms in total. The van der Waals surface area contributed by atoms with Crippen LogP contribution in [0.1, 0.15) is 43.7 Å². The highest BCUT2D eigenvalue weighted by Crippen LogP contribution is 2.38. The van der Waals surface area contributed by atoms with Crippen LogP contribution in [0.5, 0.6) is 0 Å². The normalized spacial score (nSPS) is 14.9. The molecule has 0 radical (unpaired) electrons. The molecular weight excluding hydrogens is 367 g/mol. The molecule has 2 rings (SSSR count). The van der Waals surface area contributed by atoms with Crippen molar-refractivity contribution in [1.29, 1.82) is 0 Å². The number of benzene rings is 2. The van der Waals surface area contributed by atoms with E-state index in [1.54, 1.807) is 44.2 Å². The molecular formula is C22H26F3NO2. The summed E-state index contributed by atoms with van der Waals surface area (Å²) < 4.78 is 40.9. The predicted octanol–water partition coefficient (Wildman–Crippen LogP) is 4.91. The van der Waals surface area contributed by atoms with Crippen LogP contribution in [-0.4, -0.2) is 34.2 Å². The van der Waals surface area contributed by atoms with Crippen LogP contribution in [0.3, 0.4) is 0 Å². The summed E-state index contributed by atoms with van der Waals surface area (Å²) in [5.41, 5.74) is -0.318. The Balaban J connectivity index is 2.26. The molecule has 0 saturated heterocycles. The molecule has 0 aromatic heterocycles. The van der Waals surface area contributed by atoms with Crippen LogP contribution in [0, 0.1) is 0 Å². The maximum Gasteiger partial charge on any atom is 0.396 e. The minimum Gasteiger partial charge on any atom is -0.388 e. The second kappa shape index (κ2) is 9.24. The maximum atomic E-state index is 13.6. The fraction of sp³-hybridized carbons (Fsp3) is 0.409. The van der Waals surface area contributed by atoms with Crippen molar-refractivity contribution in [1.82, 2.24) is 4.90 Å². The smallest absolute Gasteiger partial charge is 0.388 e. The van der Waals surface area contributed by atoms with Gasteiger partial charge in [-0.1, -0.05) is 67.6 Å². The number of rotatable bonds is 8. The highest BCUT2D eigenvalue weighted by Gasteiger charge is 2.42. The summed E-state index contributed by atoms with van der Waals surface area (Å²) in [5.74, 6) is -2.52. The van der Waals surface area contributed by atoms with Crippen molar-refractivity contribution in [3.05, 3.63) is 71.8 Å². The Kier molecular flexibility index (Phi) is 7.24. The van der Waals surface area contributed by atoms with Crippen LogP contribution >= 0.6 is 0 Å². The van der Waals surface area contributed by atoms with Gasteiger partial charge in [0.05, 0.1) is 11.5 Å². The molecule has 0 aliphatic rings. The number of amides is 1. The van der Waals surface area contributed by atoms with Crippen LogP contribution in [-0.2, 0) is 11.3 Å². The Labute approximate surface area is 163 Å². The van der Waals surface area contributed by atoms with E-state index in [9.17, 15) is 23.1 Å². The SMILES string of the molecule is CC[C@](C)(O)CN(Cc1ccccc1)C(=O)C[C@@H](c1ccccc1)C(F)(F)F. The van der Waals surface area contributed by atoms with Gasteiger partial charge in [-0.05, 0) is 24.5 Å². The van der Waals surface area contributed by atoms with Crippen molar-refractivity contribution in [3.8, 4) is 0 Å². The van der Waals surface area contributed by atoms with E-state index < -0.39 is 30.0 Å². The van der Waals surface area contributed by atoms with Gasteiger partial charge in [-0.3, -0.25) is 4.79 Å². The maximum absolute atomic E-state index is 13.6. The summed E-state index contributed by atoms with van der Waals surface area (Å²) in [5, 5.41) is 10.4. The van der Waals surface area contributed by atoms with E-state index in [0.29, 0.717) is 6.42 Å². The van der Waals surface area contributed by atoms with Gasteiger partial charge in [-0.25, -0.2) is 0 Å². The van der Waals surface area contributed by atoms with Gasteiger partial charge >= 0.3 is 6.18 Å². The lowest BCUT2D eigenvalue weighted by Gasteiger charge is -2.32.